The van der Waals surface area contributed by atoms with Gasteiger partial charge < -0.3 is 0 Å². The Bertz CT molecular complexity index is 1130. The molecule has 7 heteroatoms. The number of imidazole rings is 1. The quantitative estimate of drug-likeness (QED) is 0.344. The first-order chi connectivity index (χ1) is 15.1. The first-order valence-electron chi connectivity index (χ1n) is 11.3. The standard InChI is InChI=1S/C26H37N2O4P/c1-24(2,3)20-16-14-19(15-17-20)23-27-21-12-10-11-13-22(21)28(23)18-30-33(29,31-25(4,5)6)32-26(7,8)9/h10-17H,18H2,1-9H3. The third-order valence-corrected chi connectivity index (χ3v) is 6.75. The molecule has 0 N–H and O–H groups in total. The van der Waals surface area contributed by atoms with E-state index in [1.165, 1.54) is 5.56 Å². The van der Waals surface area contributed by atoms with E-state index in [4.69, 9.17) is 18.6 Å². The van der Waals surface area contributed by atoms with Crippen LogP contribution >= 0.6 is 7.82 Å². The van der Waals surface area contributed by atoms with E-state index in [0.717, 1.165) is 22.4 Å². The Morgan fingerprint density at radius 1 is 0.818 bits per heavy atom. The smallest absolute Gasteiger partial charge is 0.299 e. The molecule has 180 valence electrons. The molecule has 33 heavy (non-hydrogen) atoms. The fourth-order valence-electron chi connectivity index (χ4n) is 3.42. The summed E-state index contributed by atoms with van der Waals surface area (Å²) in [6.45, 7) is 17.5. The fraction of sp³-hybridized carbons (Fsp3) is 0.500. The summed E-state index contributed by atoms with van der Waals surface area (Å²) in [7, 11) is -3.87. The lowest BCUT2D eigenvalue weighted by molar-refractivity contribution is -0.00548. The van der Waals surface area contributed by atoms with Crippen molar-refractivity contribution in [1.29, 1.82) is 0 Å². The molecule has 0 aliphatic carbocycles. The minimum Gasteiger partial charge on any atom is -0.299 e. The molecular weight excluding hydrogens is 435 g/mol. The van der Waals surface area contributed by atoms with E-state index in [9.17, 15) is 4.57 Å². The van der Waals surface area contributed by atoms with Crippen molar-refractivity contribution in [2.24, 2.45) is 0 Å². The summed E-state index contributed by atoms with van der Waals surface area (Å²) >= 11 is 0. The number of hydrogen-bond donors (Lipinski definition) is 0. The van der Waals surface area contributed by atoms with Gasteiger partial charge in [0, 0.05) is 5.56 Å². The van der Waals surface area contributed by atoms with E-state index in [1.807, 2.05) is 70.4 Å². The third-order valence-electron chi connectivity index (χ3n) is 4.78. The van der Waals surface area contributed by atoms with Crippen molar-refractivity contribution < 1.29 is 18.1 Å². The monoisotopic (exact) mass is 472 g/mol. The molecule has 0 fully saturated rings. The van der Waals surface area contributed by atoms with Crippen LogP contribution in [0.4, 0.5) is 0 Å². The van der Waals surface area contributed by atoms with E-state index in [0.29, 0.717) is 0 Å². The molecule has 0 saturated carbocycles. The molecular formula is C26H37N2O4P. The van der Waals surface area contributed by atoms with E-state index in [-0.39, 0.29) is 12.1 Å². The average molecular weight is 473 g/mol. The van der Waals surface area contributed by atoms with Crippen LogP contribution in [-0.2, 0) is 30.3 Å². The SMILES string of the molecule is CC(C)(C)OP(=O)(OCn1c(-c2ccc(C(C)(C)C)cc2)nc2ccccc21)OC(C)(C)C. The van der Waals surface area contributed by atoms with Crippen molar-refractivity contribution in [3.8, 4) is 11.4 Å². The number of para-hydroxylation sites is 2. The van der Waals surface area contributed by atoms with Gasteiger partial charge in [-0.15, -0.1) is 0 Å². The molecule has 0 spiro atoms. The van der Waals surface area contributed by atoms with Gasteiger partial charge in [-0.3, -0.25) is 18.1 Å². The summed E-state index contributed by atoms with van der Waals surface area (Å²) in [5.41, 5.74) is 2.55. The zero-order valence-corrected chi connectivity index (χ0v) is 22.2. The molecule has 1 heterocycles. The Morgan fingerprint density at radius 2 is 1.36 bits per heavy atom. The summed E-state index contributed by atoms with van der Waals surface area (Å²) in [6.07, 6.45) is 0. The highest BCUT2D eigenvalue weighted by Crippen LogP contribution is 2.55. The molecule has 0 aliphatic rings. The molecule has 0 unspecified atom stereocenters. The summed E-state index contributed by atoms with van der Waals surface area (Å²) in [6, 6.07) is 16.2. The van der Waals surface area contributed by atoms with Crippen molar-refractivity contribution in [3.63, 3.8) is 0 Å². The number of phosphoric ester groups is 1. The Labute approximate surface area is 197 Å². The summed E-state index contributed by atoms with van der Waals surface area (Å²) in [4.78, 5) is 4.84. The third kappa shape index (κ3) is 6.77. The first kappa shape index (κ1) is 25.6. The molecule has 2 aromatic carbocycles. The van der Waals surface area contributed by atoms with E-state index < -0.39 is 19.0 Å². The van der Waals surface area contributed by atoms with Crippen molar-refractivity contribution in [3.05, 3.63) is 54.1 Å². The van der Waals surface area contributed by atoms with Gasteiger partial charge in [-0.05, 0) is 64.7 Å². The van der Waals surface area contributed by atoms with Gasteiger partial charge in [0.1, 0.15) is 12.6 Å². The van der Waals surface area contributed by atoms with Crippen molar-refractivity contribution in [2.75, 3.05) is 0 Å². The maximum absolute atomic E-state index is 13.6. The topological polar surface area (TPSA) is 62.6 Å². The molecule has 0 radical (unpaired) electrons. The normalized spacial score (nSPS) is 13.6. The average Bonchev–Trinajstić information content (AvgIpc) is 3.01. The molecule has 1 aromatic heterocycles. The zero-order chi connectivity index (χ0) is 24.7. The summed E-state index contributed by atoms with van der Waals surface area (Å²) in [5, 5.41) is 0. The van der Waals surface area contributed by atoms with Gasteiger partial charge in [-0.1, -0.05) is 57.2 Å². The van der Waals surface area contributed by atoms with Crippen LogP contribution < -0.4 is 0 Å². The summed E-state index contributed by atoms with van der Waals surface area (Å²) in [5.74, 6) is 0.731. The van der Waals surface area contributed by atoms with Crippen molar-refractivity contribution in [1.82, 2.24) is 9.55 Å². The van der Waals surface area contributed by atoms with Crippen LogP contribution in [-0.4, -0.2) is 20.8 Å². The lowest BCUT2D eigenvalue weighted by Gasteiger charge is -2.31. The Morgan fingerprint density at radius 3 is 1.88 bits per heavy atom. The van der Waals surface area contributed by atoms with Gasteiger partial charge in [0.2, 0.25) is 0 Å². The van der Waals surface area contributed by atoms with Crippen LogP contribution in [0.1, 0.15) is 67.9 Å². The first-order valence-corrected chi connectivity index (χ1v) is 12.7. The molecule has 0 amide bonds. The Balaban J connectivity index is 2.01. The van der Waals surface area contributed by atoms with E-state index in [2.05, 4.69) is 45.0 Å². The highest BCUT2D eigenvalue weighted by atomic mass is 31.2. The van der Waals surface area contributed by atoms with Gasteiger partial charge in [-0.2, -0.15) is 0 Å². The lowest BCUT2D eigenvalue weighted by Crippen LogP contribution is -2.25. The van der Waals surface area contributed by atoms with Crippen molar-refractivity contribution in [2.45, 2.75) is 85.7 Å². The number of benzene rings is 2. The van der Waals surface area contributed by atoms with Crippen LogP contribution in [0.5, 0.6) is 0 Å². The van der Waals surface area contributed by atoms with E-state index in [1.54, 1.807) is 0 Å². The molecule has 0 atom stereocenters. The Kier molecular flexibility index (Phi) is 6.99. The molecule has 0 bridgehead atoms. The number of hydrogen-bond acceptors (Lipinski definition) is 5. The van der Waals surface area contributed by atoms with Gasteiger partial charge in [0.05, 0.1) is 22.2 Å². The highest BCUT2D eigenvalue weighted by Gasteiger charge is 2.37. The maximum atomic E-state index is 13.6. The predicted molar refractivity (Wildman–Crippen MR) is 134 cm³/mol. The largest absolute Gasteiger partial charge is 0.477 e. The molecule has 3 aromatic rings. The van der Waals surface area contributed by atoms with E-state index >= 15 is 0 Å². The second-order valence-corrected chi connectivity index (χ2v) is 12.8. The van der Waals surface area contributed by atoms with Crippen LogP contribution in [0.2, 0.25) is 0 Å². The minimum absolute atomic E-state index is 0.0275. The van der Waals surface area contributed by atoms with Gasteiger partial charge in [-0.25, -0.2) is 9.55 Å². The number of fused-ring (bicyclic) bond motifs is 1. The second kappa shape index (κ2) is 8.99. The molecule has 0 aliphatic heterocycles. The number of nitrogens with zero attached hydrogens (tertiary/aromatic N) is 2. The van der Waals surface area contributed by atoms with Crippen LogP contribution in [0, 0.1) is 0 Å². The number of phosphoric acid groups is 1. The lowest BCUT2D eigenvalue weighted by atomic mass is 9.87. The molecule has 0 saturated heterocycles. The Hall–Kier alpha value is -1.98. The van der Waals surface area contributed by atoms with Crippen LogP contribution in [0.3, 0.4) is 0 Å². The second-order valence-electron chi connectivity index (χ2n) is 11.3. The zero-order valence-electron chi connectivity index (χ0n) is 21.3. The fourth-order valence-corrected chi connectivity index (χ4v) is 5.16. The van der Waals surface area contributed by atoms with Crippen LogP contribution in [0.25, 0.3) is 22.4 Å². The highest BCUT2D eigenvalue weighted by molar-refractivity contribution is 7.48. The van der Waals surface area contributed by atoms with Crippen molar-refractivity contribution >= 4 is 18.9 Å². The van der Waals surface area contributed by atoms with Crippen LogP contribution in [0.15, 0.2) is 48.5 Å². The maximum Gasteiger partial charge on any atom is 0.477 e. The predicted octanol–water partition coefficient (Wildman–Crippen LogP) is 7.71. The van der Waals surface area contributed by atoms with Gasteiger partial charge in [0.15, 0.2) is 0 Å². The molecule has 6 nitrogen and oxygen atoms in total. The van der Waals surface area contributed by atoms with Gasteiger partial charge >= 0.3 is 7.82 Å². The number of rotatable bonds is 6. The summed E-state index contributed by atoms with van der Waals surface area (Å²) < 4.78 is 33.0. The van der Waals surface area contributed by atoms with Gasteiger partial charge in [0.25, 0.3) is 0 Å². The number of aromatic nitrogens is 2. The minimum atomic E-state index is -3.87. The molecule has 3 rings (SSSR count).